The van der Waals surface area contributed by atoms with Gasteiger partial charge in [-0.15, -0.1) is 0 Å². The van der Waals surface area contributed by atoms with Crippen molar-refractivity contribution < 1.29 is 32.5 Å². The number of benzene rings is 2. The predicted octanol–water partition coefficient (Wildman–Crippen LogP) is 0.668. The molecule has 0 fully saturated rings. The van der Waals surface area contributed by atoms with E-state index in [4.69, 9.17) is 5.11 Å². The van der Waals surface area contributed by atoms with Crippen LogP contribution in [0.5, 0.6) is 0 Å². The number of nitrogens with one attached hydrogen (secondary N) is 1. The lowest BCUT2D eigenvalue weighted by Crippen LogP contribution is -2.36. The van der Waals surface area contributed by atoms with Crippen molar-refractivity contribution in [3.05, 3.63) is 41.0 Å². The molecule has 0 atom stereocenters. The molecule has 0 aromatic heterocycles. The van der Waals surface area contributed by atoms with E-state index in [2.05, 4.69) is 0 Å². The van der Waals surface area contributed by atoms with Gasteiger partial charge in [0.1, 0.15) is 4.90 Å². The van der Waals surface area contributed by atoms with E-state index in [9.17, 15) is 27.4 Å². The molecule has 0 saturated heterocycles. The molecular formula is C13H7NO7S. The van der Waals surface area contributed by atoms with Gasteiger partial charge >= 0.3 is 5.97 Å². The number of carboxylic acids is 1. The van der Waals surface area contributed by atoms with Crippen LogP contribution in [0.15, 0.2) is 29.2 Å². The summed E-state index contributed by atoms with van der Waals surface area (Å²) < 4.78 is 32.5. The summed E-state index contributed by atoms with van der Waals surface area (Å²) in [6.45, 7) is 0. The van der Waals surface area contributed by atoms with E-state index in [0.717, 1.165) is 6.07 Å². The number of rotatable bonds is 2. The molecule has 1 heterocycles. The van der Waals surface area contributed by atoms with Crippen molar-refractivity contribution in [2.24, 2.45) is 0 Å². The molecule has 112 valence electrons. The van der Waals surface area contributed by atoms with Crippen molar-refractivity contribution in [3.63, 3.8) is 0 Å². The third kappa shape index (κ3) is 1.87. The van der Waals surface area contributed by atoms with Gasteiger partial charge in [-0.3, -0.25) is 19.5 Å². The van der Waals surface area contributed by atoms with Crippen LogP contribution < -0.4 is 5.32 Å². The Morgan fingerprint density at radius 1 is 1.14 bits per heavy atom. The van der Waals surface area contributed by atoms with Gasteiger partial charge in [-0.05, 0) is 17.5 Å². The second kappa shape index (κ2) is 4.36. The van der Waals surface area contributed by atoms with Gasteiger partial charge in [0.25, 0.3) is 21.9 Å². The first-order valence-electron chi connectivity index (χ1n) is 5.88. The topological polar surface area (TPSA) is 138 Å². The number of hydrogen-bond donors (Lipinski definition) is 3. The quantitative estimate of drug-likeness (QED) is 0.546. The van der Waals surface area contributed by atoms with Gasteiger partial charge in [-0.25, -0.2) is 4.79 Å². The highest BCUT2D eigenvalue weighted by atomic mass is 32.2. The van der Waals surface area contributed by atoms with E-state index in [1.165, 1.54) is 18.2 Å². The smallest absolute Gasteiger partial charge is 0.337 e. The molecule has 9 heteroatoms. The zero-order valence-corrected chi connectivity index (χ0v) is 11.5. The predicted molar refractivity (Wildman–Crippen MR) is 72.5 cm³/mol. The molecule has 1 aliphatic rings. The van der Waals surface area contributed by atoms with Crippen molar-refractivity contribution in [1.82, 2.24) is 5.32 Å². The summed E-state index contributed by atoms with van der Waals surface area (Å²) in [5, 5.41) is 11.3. The summed E-state index contributed by atoms with van der Waals surface area (Å²) >= 11 is 0. The largest absolute Gasteiger partial charge is 0.478 e. The van der Waals surface area contributed by atoms with Crippen LogP contribution in [0.2, 0.25) is 0 Å². The molecular weight excluding hydrogens is 314 g/mol. The van der Waals surface area contributed by atoms with Gasteiger partial charge in [0.05, 0.1) is 11.1 Å². The number of aromatic carboxylic acids is 1. The maximum atomic E-state index is 12.0. The van der Waals surface area contributed by atoms with Crippen molar-refractivity contribution in [1.29, 1.82) is 0 Å². The van der Waals surface area contributed by atoms with Gasteiger partial charge in [0.15, 0.2) is 0 Å². The first kappa shape index (κ1) is 14.2. The average Bonchev–Trinajstić information content (AvgIpc) is 2.41. The monoisotopic (exact) mass is 321 g/mol. The van der Waals surface area contributed by atoms with Gasteiger partial charge in [0, 0.05) is 10.9 Å². The van der Waals surface area contributed by atoms with E-state index in [1.807, 2.05) is 5.32 Å². The third-order valence-electron chi connectivity index (χ3n) is 3.31. The van der Waals surface area contributed by atoms with Crippen LogP contribution in [0.25, 0.3) is 10.8 Å². The van der Waals surface area contributed by atoms with Crippen LogP contribution in [0.4, 0.5) is 0 Å². The Bertz CT molecular complexity index is 991. The Kier molecular flexibility index (Phi) is 2.81. The number of carboxylic acid groups (broad SMARTS) is 1. The van der Waals surface area contributed by atoms with E-state index in [1.54, 1.807) is 0 Å². The molecule has 0 bridgehead atoms. The lowest BCUT2D eigenvalue weighted by molar-refractivity contribution is 0.0692. The SMILES string of the molecule is O=C(O)c1cc2cccc3c2c(c1S(=O)(=O)O)C(=O)NC3=O. The molecule has 0 saturated carbocycles. The van der Waals surface area contributed by atoms with E-state index >= 15 is 0 Å². The second-order valence-electron chi connectivity index (χ2n) is 4.60. The van der Waals surface area contributed by atoms with Gasteiger partial charge in [-0.2, -0.15) is 8.42 Å². The molecule has 0 aliphatic carbocycles. The van der Waals surface area contributed by atoms with E-state index in [-0.39, 0.29) is 16.3 Å². The molecule has 0 radical (unpaired) electrons. The molecule has 3 rings (SSSR count). The number of imide groups is 1. The van der Waals surface area contributed by atoms with Gasteiger partial charge < -0.3 is 5.11 Å². The summed E-state index contributed by atoms with van der Waals surface area (Å²) in [6, 6.07) is 5.27. The summed E-state index contributed by atoms with van der Waals surface area (Å²) in [4.78, 5) is 34.1. The Balaban J connectivity index is 2.66. The molecule has 1 aliphatic heterocycles. The van der Waals surface area contributed by atoms with Crippen LogP contribution in [0, 0.1) is 0 Å². The van der Waals surface area contributed by atoms with Gasteiger partial charge in [0.2, 0.25) is 0 Å². The standard InChI is InChI=1S/C13H7NO7S/c15-11-6-3-1-2-5-4-7(13(17)18)10(22(19,20)21)9(8(5)6)12(16)14-11/h1-4H,(H,17,18)(H,14,15,16)(H,19,20,21). The van der Waals surface area contributed by atoms with E-state index in [0.29, 0.717) is 0 Å². The first-order chi connectivity index (χ1) is 10.2. The summed E-state index contributed by atoms with van der Waals surface area (Å²) in [5.74, 6) is -3.43. The molecule has 22 heavy (non-hydrogen) atoms. The van der Waals surface area contributed by atoms with Crippen molar-refractivity contribution in [2.45, 2.75) is 4.90 Å². The van der Waals surface area contributed by atoms with Crippen LogP contribution in [-0.4, -0.2) is 35.9 Å². The average molecular weight is 321 g/mol. The lowest BCUT2D eigenvalue weighted by Gasteiger charge is -2.19. The maximum absolute atomic E-state index is 12.0. The Labute approximate surface area is 123 Å². The second-order valence-corrected chi connectivity index (χ2v) is 5.95. The minimum absolute atomic E-state index is 0.00567. The summed E-state index contributed by atoms with van der Waals surface area (Å²) in [6.07, 6.45) is 0. The van der Waals surface area contributed by atoms with Crippen molar-refractivity contribution in [3.8, 4) is 0 Å². The van der Waals surface area contributed by atoms with Crippen LogP contribution in [0.1, 0.15) is 31.1 Å². The minimum Gasteiger partial charge on any atom is -0.478 e. The molecule has 3 N–H and O–H groups in total. The normalized spacial score (nSPS) is 14.0. The molecule has 0 unspecified atom stereocenters. The highest BCUT2D eigenvalue weighted by Gasteiger charge is 2.35. The summed E-state index contributed by atoms with van der Waals surface area (Å²) in [7, 11) is -5.00. The Hall–Kier alpha value is -2.78. The molecule has 2 aromatic carbocycles. The molecule has 2 aromatic rings. The number of carbonyl (C=O) groups is 3. The highest BCUT2D eigenvalue weighted by Crippen LogP contribution is 2.34. The maximum Gasteiger partial charge on any atom is 0.337 e. The van der Waals surface area contributed by atoms with Crippen molar-refractivity contribution >= 4 is 38.7 Å². The fraction of sp³-hybridized carbons (Fsp3) is 0. The fourth-order valence-electron chi connectivity index (χ4n) is 2.50. The number of hydrogen-bond acceptors (Lipinski definition) is 5. The molecule has 8 nitrogen and oxygen atoms in total. The number of amides is 2. The van der Waals surface area contributed by atoms with Crippen molar-refractivity contribution in [2.75, 3.05) is 0 Å². The van der Waals surface area contributed by atoms with E-state index < -0.39 is 43.9 Å². The zero-order chi connectivity index (χ0) is 16.2. The van der Waals surface area contributed by atoms with Gasteiger partial charge in [-0.1, -0.05) is 12.1 Å². The first-order valence-corrected chi connectivity index (χ1v) is 7.32. The molecule has 0 spiro atoms. The zero-order valence-electron chi connectivity index (χ0n) is 10.7. The highest BCUT2D eigenvalue weighted by molar-refractivity contribution is 7.86. The lowest BCUT2D eigenvalue weighted by atomic mass is 9.93. The Morgan fingerprint density at radius 3 is 2.41 bits per heavy atom. The van der Waals surface area contributed by atoms with Crippen LogP contribution in [0.3, 0.4) is 0 Å². The Morgan fingerprint density at radius 2 is 1.82 bits per heavy atom. The minimum atomic E-state index is -5.00. The number of carbonyl (C=O) groups excluding carboxylic acids is 2. The summed E-state index contributed by atoms with van der Waals surface area (Å²) in [5.41, 5.74) is -1.27. The van der Waals surface area contributed by atoms with Crippen LogP contribution >= 0.6 is 0 Å². The molecule has 2 amide bonds. The fourth-order valence-corrected chi connectivity index (χ4v) is 3.38. The third-order valence-corrected chi connectivity index (χ3v) is 4.25. The van der Waals surface area contributed by atoms with Crippen LogP contribution in [-0.2, 0) is 10.1 Å².